The molecule has 1 amide bonds. The van der Waals surface area contributed by atoms with Gasteiger partial charge in [0.2, 0.25) is 5.95 Å². The van der Waals surface area contributed by atoms with Gasteiger partial charge in [-0.15, -0.1) is 0 Å². The van der Waals surface area contributed by atoms with E-state index in [1.165, 1.54) is 0 Å². The molecule has 0 radical (unpaired) electrons. The molecule has 0 aromatic carbocycles. The fourth-order valence-electron chi connectivity index (χ4n) is 4.69. The third kappa shape index (κ3) is 4.18. The lowest BCUT2D eigenvalue weighted by atomic mass is 10.1. The number of aromatic nitrogens is 7. The van der Waals surface area contributed by atoms with Gasteiger partial charge in [-0.2, -0.15) is 10.2 Å². The van der Waals surface area contributed by atoms with E-state index in [1.54, 1.807) is 18.5 Å². The SMILES string of the molecule is Cc1cnn(C)c1-c1c(C)nc(Nc2cc([C@@H]3OC[C@H](OC(=O)NC4(C)CC4)[C@@H]3F)[nH]n2)n2ccnc12. The van der Waals surface area contributed by atoms with Gasteiger partial charge in [-0.1, -0.05) is 0 Å². The molecule has 2 aliphatic rings. The lowest BCUT2D eigenvalue weighted by Crippen LogP contribution is -2.39. The van der Waals surface area contributed by atoms with E-state index in [4.69, 9.17) is 14.5 Å². The molecule has 1 saturated heterocycles. The molecule has 0 unspecified atom stereocenters. The second-order valence-corrected chi connectivity index (χ2v) is 9.98. The Kier molecular flexibility index (Phi) is 5.40. The van der Waals surface area contributed by atoms with Crippen molar-refractivity contribution in [1.29, 1.82) is 0 Å². The van der Waals surface area contributed by atoms with Crippen LogP contribution in [-0.4, -0.2) is 64.9 Å². The van der Waals surface area contributed by atoms with E-state index in [2.05, 4.69) is 30.9 Å². The van der Waals surface area contributed by atoms with Gasteiger partial charge in [0.1, 0.15) is 6.10 Å². The third-order valence-electron chi connectivity index (χ3n) is 6.98. The van der Waals surface area contributed by atoms with Crippen molar-refractivity contribution in [3.8, 4) is 11.3 Å². The van der Waals surface area contributed by atoms with Crippen molar-refractivity contribution in [2.45, 2.75) is 57.5 Å². The topological polar surface area (TPSA) is 136 Å². The second-order valence-electron chi connectivity index (χ2n) is 9.98. The maximum atomic E-state index is 15.1. The molecule has 4 aromatic rings. The zero-order chi connectivity index (χ0) is 25.9. The maximum absolute atomic E-state index is 15.1. The summed E-state index contributed by atoms with van der Waals surface area (Å²) < 4.78 is 29.6. The summed E-state index contributed by atoms with van der Waals surface area (Å²) in [5.74, 6) is 0.933. The molecule has 3 atom stereocenters. The van der Waals surface area contributed by atoms with Gasteiger partial charge < -0.3 is 20.1 Å². The zero-order valence-electron chi connectivity index (χ0n) is 20.9. The Morgan fingerprint density at radius 2 is 2.16 bits per heavy atom. The fourth-order valence-corrected chi connectivity index (χ4v) is 4.69. The number of anilines is 2. The normalized spacial score (nSPS) is 22.4. The Morgan fingerprint density at radius 1 is 1.35 bits per heavy atom. The first-order chi connectivity index (χ1) is 17.7. The van der Waals surface area contributed by atoms with Gasteiger partial charge in [0.25, 0.3) is 0 Å². The van der Waals surface area contributed by atoms with Crippen LogP contribution in [-0.2, 0) is 16.5 Å². The number of aromatic amines is 1. The molecule has 194 valence electrons. The van der Waals surface area contributed by atoms with Crippen molar-refractivity contribution in [2.24, 2.45) is 7.05 Å². The predicted molar refractivity (Wildman–Crippen MR) is 131 cm³/mol. The van der Waals surface area contributed by atoms with Crippen molar-refractivity contribution < 1.29 is 18.7 Å². The highest BCUT2D eigenvalue weighted by molar-refractivity contribution is 5.80. The number of nitrogens with zero attached hydrogens (tertiary/aromatic N) is 6. The summed E-state index contributed by atoms with van der Waals surface area (Å²) in [5, 5.41) is 17.4. The first kappa shape index (κ1) is 23.4. The monoisotopic (exact) mass is 509 g/mol. The molecule has 1 saturated carbocycles. The minimum absolute atomic E-state index is 0.0386. The van der Waals surface area contributed by atoms with Crippen molar-refractivity contribution >= 4 is 23.5 Å². The summed E-state index contributed by atoms with van der Waals surface area (Å²) in [6.45, 7) is 5.80. The Labute approximate surface area is 211 Å². The van der Waals surface area contributed by atoms with Crippen molar-refractivity contribution in [3.05, 3.63) is 41.6 Å². The molecule has 37 heavy (non-hydrogen) atoms. The summed E-state index contributed by atoms with van der Waals surface area (Å²) in [5.41, 5.74) is 4.53. The number of alkyl halides is 1. The Bertz CT molecular complexity index is 1470. The van der Waals surface area contributed by atoms with Gasteiger partial charge in [0.05, 0.1) is 35.4 Å². The molecule has 6 rings (SSSR count). The Morgan fingerprint density at radius 3 is 2.89 bits per heavy atom. The minimum Gasteiger partial charge on any atom is -0.441 e. The molecule has 3 N–H and O–H groups in total. The van der Waals surface area contributed by atoms with Crippen LogP contribution in [0.15, 0.2) is 24.7 Å². The van der Waals surface area contributed by atoms with E-state index in [1.807, 2.05) is 43.1 Å². The number of imidazole rings is 1. The van der Waals surface area contributed by atoms with E-state index >= 15 is 4.39 Å². The average molecular weight is 510 g/mol. The number of carbonyl (C=O) groups excluding carboxylic acids is 1. The van der Waals surface area contributed by atoms with Gasteiger partial charge in [0.15, 0.2) is 23.7 Å². The predicted octanol–water partition coefficient (Wildman–Crippen LogP) is 3.27. The highest BCUT2D eigenvalue weighted by atomic mass is 19.1. The van der Waals surface area contributed by atoms with E-state index in [0.29, 0.717) is 17.5 Å². The van der Waals surface area contributed by atoms with Gasteiger partial charge in [-0.25, -0.2) is 19.2 Å². The minimum atomic E-state index is -1.53. The Hall–Kier alpha value is -4.00. The number of H-pyrrole nitrogens is 1. The van der Waals surface area contributed by atoms with Crippen LogP contribution in [0.3, 0.4) is 0 Å². The standard InChI is InChI=1S/C24H28FN9O3/c1-12-10-27-33(4)19(12)17-13(2)28-22(34-8-7-26-21(17)34)29-16-9-14(31-32-16)20-18(25)15(11-36-20)37-23(35)30-24(3)5-6-24/h7-10,15,18,20H,5-6,11H2,1-4H3,(H,30,35)(H2,28,29,31,32)/t15-,18-,20-/m0/s1. The first-order valence-electron chi connectivity index (χ1n) is 12.1. The van der Waals surface area contributed by atoms with Crippen LogP contribution in [0.2, 0.25) is 0 Å². The van der Waals surface area contributed by atoms with Crippen LogP contribution >= 0.6 is 0 Å². The van der Waals surface area contributed by atoms with E-state index in [9.17, 15) is 4.79 Å². The van der Waals surface area contributed by atoms with Crippen LogP contribution in [0.25, 0.3) is 16.9 Å². The van der Waals surface area contributed by atoms with Gasteiger partial charge in [-0.05, 0) is 39.2 Å². The van der Waals surface area contributed by atoms with Gasteiger partial charge in [-0.3, -0.25) is 14.2 Å². The summed E-state index contributed by atoms with van der Waals surface area (Å²) >= 11 is 0. The molecular formula is C24H28FN9O3. The molecule has 0 spiro atoms. The van der Waals surface area contributed by atoms with Crippen LogP contribution < -0.4 is 10.6 Å². The van der Waals surface area contributed by atoms with Crippen molar-refractivity contribution in [1.82, 2.24) is 39.7 Å². The molecule has 5 heterocycles. The number of nitrogens with one attached hydrogen (secondary N) is 3. The fraction of sp³-hybridized carbons (Fsp3) is 0.458. The number of hydrogen-bond donors (Lipinski definition) is 3. The molecule has 1 aliphatic heterocycles. The summed E-state index contributed by atoms with van der Waals surface area (Å²) in [6, 6.07) is 1.66. The van der Waals surface area contributed by atoms with E-state index in [-0.39, 0.29) is 12.1 Å². The van der Waals surface area contributed by atoms with E-state index < -0.39 is 24.5 Å². The lowest BCUT2D eigenvalue weighted by Gasteiger charge is -2.17. The van der Waals surface area contributed by atoms with Gasteiger partial charge in [0, 0.05) is 31.0 Å². The van der Waals surface area contributed by atoms with Crippen LogP contribution in [0, 0.1) is 13.8 Å². The molecule has 0 bridgehead atoms. The zero-order valence-corrected chi connectivity index (χ0v) is 20.9. The number of rotatable bonds is 6. The number of hydrogen-bond acceptors (Lipinski definition) is 8. The molecule has 13 heteroatoms. The highest BCUT2D eigenvalue weighted by Crippen LogP contribution is 2.36. The molecule has 4 aromatic heterocycles. The third-order valence-corrected chi connectivity index (χ3v) is 6.98. The largest absolute Gasteiger partial charge is 0.441 e. The molecule has 2 fully saturated rings. The van der Waals surface area contributed by atoms with Crippen molar-refractivity contribution in [3.63, 3.8) is 0 Å². The average Bonchev–Trinajstić information content (AvgIpc) is 3.31. The number of amides is 1. The lowest BCUT2D eigenvalue weighted by molar-refractivity contribution is 0.0604. The number of halogens is 1. The summed E-state index contributed by atoms with van der Waals surface area (Å²) in [4.78, 5) is 21.4. The van der Waals surface area contributed by atoms with Crippen LogP contribution in [0.5, 0.6) is 0 Å². The van der Waals surface area contributed by atoms with E-state index in [0.717, 1.165) is 41.0 Å². The summed E-state index contributed by atoms with van der Waals surface area (Å²) in [7, 11) is 1.89. The molecule has 12 nitrogen and oxygen atoms in total. The number of ether oxygens (including phenoxy) is 2. The number of aryl methyl sites for hydroxylation is 3. The summed E-state index contributed by atoms with van der Waals surface area (Å²) in [6.07, 6.45) is 3.00. The number of alkyl carbamates (subject to hydrolysis) is 1. The second kappa shape index (κ2) is 8.54. The first-order valence-corrected chi connectivity index (χ1v) is 12.1. The smallest absolute Gasteiger partial charge is 0.408 e. The molecular weight excluding hydrogens is 481 g/mol. The molecule has 1 aliphatic carbocycles. The van der Waals surface area contributed by atoms with Crippen LogP contribution in [0.1, 0.15) is 42.8 Å². The Balaban J connectivity index is 1.20. The van der Waals surface area contributed by atoms with Gasteiger partial charge >= 0.3 is 6.09 Å². The van der Waals surface area contributed by atoms with Crippen molar-refractivity contribution in [2.75, 3.05) is 11.9 Å². The highest BCUT2D eigenvalue weighted by Gasteiger charge is 2.44. The maximum Gasteiger partial charge on any atom is 0.408 e. The quantitative estimate of drug-likeness (QED) is 0.360. The number of carbonyl (C=O) groups is 1. The van der Waals surface area contributed by atoms with Crippen LogP contribution in [0.4, 0.5) is 21.0 Å². The number of fused-ring (bicyclic) bond motifs is 1.